The second-order valence-electron chi connectivity index (χ2n) is 4.65. The minimum absolute atomic E-state index is 0.0890. The van der Waals surface area contributed by atoms with Crippen LogP contribution in [0.1, 0.15) is 24.2 Å². The molecule has 0 saturated heterocycles. The summed E-state index contributed by atoms with van der Waals surface area (Å²) in [4.78, 5) is 12.5. The molecule has 0 amide bonds. The third kappa shape index (κ3) is 2.73. The number of aromatic nitrogens is 1. The fourth-order valence-corrected chi connectivity index (χ4v) is 2.56. The number of ketones is 1. The zero-order valence-corrected chi connectivity index (χ0v) is 12.4. The Morgan fingerprint density at radius 3 is 2.80 bits per heavy atom. The van der Waals surface area contributed by atoms with Crippen LogP contribution in [0, 0.1) is 0 Å². The van der Waals surface area contributed by atoms with E-state index in [1.807, 2.05) is 36.7 Å². The zero-order chi connectivity index (χ0) is 14.7. The van der Waals surface area contributed by atoms with Crippen LogP contribution < -0.4 is 5.32 Å². The monoisotopic (exact) mass is 294 g/mol. The van der Waals surface area contributed by atoms with Crippen molar-refractivity contribution in [3.63, 3.8) is 0 Å². The Hall–Kier alpha value is -1.36. The van der Waals surface area contributed by atoms with Gasteiger partial charge in [0.25, 0.3) is 0 Å². The molecule has 0 bridgehead atoms. The van der Waals surface area contributed by atoms with Crippen LogP contribution in [0.3, 0.4) is 0 Å². The highest BCUT2D eigenvalue weighted by atomic mass is 35.5. The van der Waals surface area contributed by atoms with Crippen molar-refractivity contribution in [2.45, 2.75) is 26.4 Å². The van der Waals surface area contributed by atoms with Gasteiger partial charge in [0.2, 0.25) is 0 Å². The van der Waals surface area contributed by atoms with Gasteiger partial charge in [-0.05, 0) is 25.6 Å². The topological polar surface area (TPSA) is 54.3 Å². The summed E-state index contributed by atoms with van der Waals surface area (Å²) < 4.78 is 1.99. The minimum Gasteiger partial charge on any atom is -0.394 e. The lowest BCUT2D eigenvalue weighted by Crippen LogP contribution is -2.39. The number of carbonyl (C=O) groups excluding carboxylic acids is 1. The molecule has 2 rings (SSSR count). The number of hydrogen-bond acceptors (Lipinski definition) is 3. The van der Waals surface area contributed by atoms with Gasteiger partial charge in [-0.2, -0.15) is 0 Å². The molecule has 0 aliphatic carbocycles. The highest BCUT2D eigenvalue weighted by Crippen LogP contribution is 2.25. The Labute approximate surface area is 123 Å². The molecule has 108 valence electrons. The Balaban J connectivity index is 2.51. The first kappa shape index (κ1) is 15.0. The summed E-state index contributed by atoms with van der Waals surface area (Å²) in [6.45, 7) is 5.11. The van der Waals surface area contributed by atoms with Crippen molar-refractivity contribution in [3.8, 4) is 0 Å². The van der Waals surface area contributed by atoms with Gasteiger partial charge in [0.05, 0.1) is 18.2 Å². The molecular formula is C15H19ClN2O2. The van der Waals surface area contributed by atoms with Gasteiger partial charge in [0, 0.05) is 28.7 Å². The first-order valence-corrected chi connectivity index (χ1v) is 7.17. The van der Waals surface area contributed by atoms with E-state index in [1.54, 1.807) is 6.07 Å². The number of halogens is 1. The first-order valence-electron chi connectivity index (χ1n) is 6.79. The summed E-state index contributed by atoms with van der Waals surface area (Å²) in [6, 6.07) is 4.93. The molecule has 0 spiro atoms. The fourth-order valence-electron chi connectivity index (χ4n) is 2.40. The largest absolute Gasteiger partial charge is 0.394 e. The normalized spacial score (nSPS) is 12.8. The molecule has 1 unspecified atom stereocenters. The van der Waals surface area contributed by atoms with Crippen LogP contribution in [-0.4, -0.2) is 34.7 Å². The summed E-state index contributed by atoms with van der Waals surface area (Å²) >= 11 is 6.03. The number of aliphatic hydroxyl groups is 1. The number of hydrogen-bond donors (Lipinski definition) is 2. The maximum atomic E-state index is 12.5. The lowest BCUT2D eigenvalue weighted by Gasteiger charge is -2.12. The van der Waals surface area contributed by atoms with Gasteiger partial charge in [0.15, 0.2) is 5.78 Å². The van der Waals surface area contributed by atoms with Crippen molar-refractivity contribution in [3.05, 3.63) is 35.0 Å². The fraction of sp³-hybridized carbons (Fsp3) is 0.400. The number of aryl methyl sites for hydroxylation is 1. The molecule has 0 aliphatic rings. The highest BCUT2D eigenvalue weighted by molar-refractivity contribution is 6.31. The minimum atomic E-state index is -0.563. The van der Waals surface area contributed by atoms with E-state index in [0.29, 0.717) is 17.1 Å². The van der Waals surface area contributed by atoms with Crippen molar-refractivity contribution in [1.82, 2.24) is 9.88 Å². The van der Waals surface area contributed by atoms with E-state index in [9.17, 15) is 9.90 Å². The highest BCUT2D eigenvalue weighted by Gasteiger charge is 2.22. The van der Waals surface area contributed by atoms with Crippen LogP contribution in [0.4, 0.5) is 0 Å². The summed E-state index contributed by atoms with van der Waals surface area (Å²) in [5.74, 6) is -0.0890. The molecule has 0 radical (unpaired) electrons. The van der Waals surface area contributed by atoms with E-state index < -0.39 is 6.04 Å². The average Bonchev–Trinajstić information content (AvgIpc) is 2.81. The molecule has 1 heterocycles. The van der Waals surface area contributed by atoms with E-state index >= 15 is 0 Å². The van der Waals surface area contributed by atoms with Gasteiger partial charge in [-0.3, -0.25) is 4.79 Å². The van der Waals surface area contributed by atoms with Crippen molar-refractivity contribution >= 4 is 28.3 Å². The summed E-state index contributed by atoms with van der Waals surface area (Å²) in [5, 5.41) is 13.9. The molecule has 1 aromatic carbocycles. The first-order chi connectivity index (χ1) is 9.62. The Bertz CT molecular complexity index is 622. The van der Waals surface area contributed by atoms with E-state index in [2.05, 4.69) is 5.32 Å². The molecule has 0 aliphatic heterocycles. The average molecular weight is 295 g/mol. The molecule has 0 saturated carbocycles. The molecule has 0 fully saturated rings. The quantitative estimate of drug-likeness (QED) is 0.805. The number of aliphatic hydroxyl groups excluding tert-OH is 1. The Kier molecular flexibility index (Phi) is 4.81. The molecule has 2 aromatic rings. The maximum absolute atomic E-state index is 12.5. The van der Waals surface area contributed by atoms with Crippen LogP contribution in [0.5, 0.6) is 0 Å². The standard InChI is InChI=1S/C15H19ClN2O2/c1-3-17-13(9-19)15(20)12-8-18(4-2)14-7-10(16)5-6-11(12)14/h5-8,13,17,19H,3-4,9H2,1-2H3. The lowest BCUT2D eigenvalue weighted by atomic mass is 10.0. The number of Topliss-reactive ketones (excluding diaryl/α,β-unsaturated/α-hetero) is 1. The number of fused-ring (bicyclic) bond motifs is 1. The number of nitrogens with one attached hydrogen (secondary N) is 1. The van der Waals surface area contributed by atoms with Crippen LogP contribution in [-0.2, 0) is 6.54 Å². The van der Waals surface area contributed by atoms with E-state index in [1.165, 1.54) is 0 Å². The molecule has 1 aromatic heterocycles. The summed E-state index contributed by atoms with van der Waals surface area (Å²) in [6.07, 6.45) is 1.84. The van der Waals surface area contributed by atoms with Gasteiger partial charge in [0.1, 0.15) is 0 Å². The third-order valence-corrected chi connectivity index (χ3v) is 3.64. The van der Waals surface area contributed by atoms with Crippen LogP contribution in [0.15, 0.2) is 24.4 Å². The van der Waals surface area contributed by atoms with Gasteiger partial charge in [-0.25, -0.2) is 0 Å². The second kappa shape index (κ2) is 6.39. The molecule has 1 atom stereocenters. The Morgan fingerprint density at radius 2 is 2.20 bits per heavy atom. The lowest BCUT2D eigenvalue weighted by molar-refractivity contribution is 0.0901. The second-order valence-corrected chi connectivity index (χ2v) is 5.08. The Morgan fingerprint density at radius 1 is 1.45 bits per heavy atom. The number of carbonyl (C=O) groups is 1. The van der Waals surface area contributed by atoms with Crippen LogP contribution in [0.25, 0.3) is 10.9 Å². The predicted molar refractivity (Wildman–Crippen MR) is 81.5 cm³/mol. The third-order valence-electron chi connectivity index (χ3n) is 3.40. The molecule has 5 heteroatoms. The number of rotatable bonds is 6. The smallest absolute Gasteiger partial charge is 0.184 e. The predicted octanol–water partition coefficient (Wildman–Crippen LogP) is 2.47. The molecule has 2 N–H and O–H groups in total. The van der Waals surface area contributed by atoms with Gasteiger partial charge in [-0.15, -0.1) is 0 Å². The summed E-state index contributed by atoms with van der Waals surface area (Å²) in [7, 11) is 0. The number of benzene rings is 1. The van der Waals surface area contributed by atoms with Crippen molar-refractivity contribution in [1.29, 1.82) is 0 Å². The van der Waals surface area contributed by atoms with Gasteiger partial charge < -0.3 is 15.0 Å². The van der Waals surface area contributed by atoms with Crippen LogP contribution >= 0.6 is 11.6 Å². The SMILES string of the molecule is CCNC(CO)C(=O)c1cn(CC)c2cc(Cl)ccc12. The molecule has 20 heavy (non-hydrogen) atoms. The van der Waals surface area contributed by atoms with Crippen molar-refractivity contribution < 1.29 is 9.90 Å². The van der Waals surface area contributed by atoms with Crippen LogP contribution in [0.2, 0.25) is 5.02 Å². The van der Waals surface area contributed by atoms with E-state index in [0.717, 1.165) is 17.4 Å². The zero-order valence-electron chi connectivity index (χ0n) is 11.7. The maximum Gasteiger partial charge on any atom is 0.184 e. The van der Waals surface area contributed by atoms with E-state index in [4.69, 9.17) is 11.6 Å². The van der Waals surface area contributed by atoms with Gasteiger partial charge in [-0.1, -0.05) is 24.6 Å². The summed E-state index contributed by atoms with van der Waals surface area (Å²) in [5.41, 5.74) is 1.56. The number of nitrogens with zero attached hydrogens (tertiary/aromatic N) is 1. The molecular weight excluding hydrogens is 276 g/mol. The van der Waals surface area contributed by atoms with E-state index in [-0.39, 0.29) is 12.4 Å². The molecule has 4 nitrogen and oxygen atoms in total. The van der Waals surface area contributed by atoms with Crippen molar-refractivity contribution in [2.75, 3.05) is 13.2 Å². The van der Waals surface area contributed by atoms with Gasteiger partial charge >= 0.3 is 0 Å². The van der Waals surface area contributed by atoms with Crippen molar-refractivity contribution in [2.24, 2.45) is 0 Å². The number of likely N-dealkylation sites (N-methyl/N-ethyl adjacent to an activating group) is 1.